The Bertz CT molecular complexity index is 349. The van der Waals surface area contributed by atoms with Gasteiger partial charge in [0.1, 0.15) is 0 Å². The van der Waals surface area contributed by atoms with E-state index in [1.807, 2.05) is 12.1 Å². The summed E-state index contributed by atoms with van der Waals surface area (Å²) in [6.45, 7) is 6.88. The first-order chi connectivity index (χ1) is 8.75. The standard InChI is InChI=1S/C14H21ClN2S/c1-12(13-2-4-14(15)5-3-13)16-6-7-17-8-10-18-11-9-17/h2-5,12,16H,6-11H2,1H3. The SMILES string of the molecule is CC(NCCN1CCSCC1)c1ccc(Cl)cc1. The van der Waals surface area contributed by atoms with Crippen LogP contribution in [-0.2, 0) is 0 Å². The third kappa shape index (κ3) is 4.47. The maximum absolute atomic E-state index is 5.89. The Balaban J connectivity index is 1.70. The lowest BCUT2D eigenvalue weighted by molar-refractivity contribution is 0.297. The molecular formula is C14H21ClN2S. The highest BCUT2D eigenvalue weighted by Gasteiger charge is 2.10. The van der Waals surface area contributed by atoms with Crippen molar-refractivity contribution in [3.05, 3.63) is 34.9 Å². The summed E-state index contributed by atoms with van der Waals surface area (Å²) < 4.78 is 0. The van der Waals surface area contributed by atoms with Gasteiger partial charge in [-0.1, -0.05) is 23.7 Å². The first-order valence-corrected chi connectivity index (χ1v) is 8.08. The molecule has 0 bridgehead atoms. The number of hydrogen-bond donors (Lipinski definition) is 1. The van der Waals surface area contributed by atoms with Crippen LogP contribution in [0, 0.1) is 0 Å². The van der Waals surface area contributed by atoms with Gasteiger partial charge in [0.05, 0.1) is 0 Å². The molecule has 2 rings (SSSR count). The molecule has 1 N–H and O–H groups in total. The Hall–Kier alpha value is -0.220. The molecule has 1 saturated heterocycles. The van der Waals surface area contributed by atoms with Gasteiger partial charge in [-0.15, -0.1) is 0 Å². The molecule has 1 atom stereocenters. The molecule has 18 heavy (non-hydrogen) atoms. The van der Waals surface area contributed by atoms with Crippen LogP contribution >= 0.6 is 23.4 Å². The first-order valence-electron chi connectivity index (χ1n) is 6.54. The van der Waals surface area contributed by atoms with Crippen molar-refractivity contribution in [1.82, 2.24) is 10.2 Å². The van der Waals surface area contributed by atoms with Crippen LogP contribution in [0.2, 0.25) is 5.02 Å². The normalized spacial score (nSPS) is 18.8. The minimum Gasteiger partial charge on any atom is -0.309 e. The molecule has 2 nitrogen and oxygen atoms in total. The lowest BCUT2D eigenvalue weighted by Crippen LogP contribution is -2.38. The highest BCUT2D eigenvalue weighted by atomic mass is 35.5. The summed E-state index contributed by atoms with van der Waals surface area (Å²) in [6, 6.07) is 8.49. The molecule has 0 saturated carbocycles. The number of nitrogens with one attached hydrogen (secondary N) is 1. The molecule has 1 aromatic rings. The molecule has 1 fully saturated rings. The average Bonchev–Trinajstić information content (AvgIpc) is 2.40. The van der Waals surface area contributed by atoms with Crippen molar-refractivity contribution in [2.45, 2.75) is 13.0 Å². The van der Waals surface area contributed by atoms with Gasteiger partial charge in [-0.25, -0.2) is 0 Å². The molecule has 1 heterocycles. The van der Waals surface area contributed by atoms with Crippen molar-refractivity contribution in [3.63, 3.8) is 0 Å². The van der Waals surface area contributed by atoms with Crippen LogP contribution in [0.3, 0.4) is 0 Å². The van der Waals surface area contributed by atoms with Crippen molar-refractivity contribution in [2.24, 2.45) is 0 Å². The van der Waals surface area contributed by atoms with Crippen LogP contribution in [0.25, 0.3) is 0 Å². The monoisotopic (exact) mass is 284 g/mol. The van der Waals surface area contributed by atoms with Gasteiger partial charge in [-0.3, -0.25) is 0 Å². The van der Waals surface area contributed by atoms with Gasteiger partial charge in [0.25, 0.3) is 0 Å². The number of thioether (sulfide) groups is 1. The molecule has 0 spiro atoms. The van der Waals surface area contributed by atoms with Crippen LogP contribution in [0.15, 0.2) is 24.3 Å². The topological polar surface area (TPSA) is 15.3 Å². The lowest BCUT2D eigenvalue weighted by atomic mass is 10.1. The van der Waals surface area contributed by atoms with E-state index in [9.17, 15) is 0 Å². The third-order valence-electron chi connectivity index (χ3n) is 3.35. The second-order valence-corrected chi connectivity index (χ2v) is 6.34. The molecule has 0 amide bonds. The van der Waals surface area contributed by atoms with E-state index in [0.717, 1.165) is 18.1 Å². The molecule has 100 valence electrons. The summed E-state index contributed by atoms with van der Waals surface area (Å²) in [5.74, 6) is 2.57. The average molecular weight is 285 g/mol. The van der Waals surface area contributed by atoms with E-state index in [1.165, 1.54) is 30.2 Å². The summed E-state index contributed by atoms with van der Waals surface area (Å²) >= 11 is 7.96. The van der Waals surface area contributed by atoms with Gasteiger partial charge >= 0.3 is 0 Å². The summed E-state index contributed by atoms with van der Waals surface area (Å²) in [5.41, 5.74) is 1.30. The van der Waals surface area contributed by atoms with E-state index in [2.05, 4.69) is 41.0 Å². The zero-order valence-electron chi connectivity index (χ0n) is 10.9. The minimum atomic E-state index is 0.390. The predicted molar refractivity (Wildman–Crippen MR) is 81.6 cm³/mol. The molecule has 1 unspecified atom stereocenters. The summed E-state index contributed by atoms with van der Waals surface area (Å²) in [5, 5.41) is 4.38. The maximum atomic E-state index is 5.89. The first kappa shape index (κ1) is 14.2. The Labute approximate surface area is 119 Å². The molecule has 1 aliphatic heterocycles. The van der Waals surface area contributed by atoms with Gasteiger partial charge in [0, 0.05) is 48.7 Å². The molecular weight excluding hydrogens is 264 g/mol. The molecule has 4 heteroatoms. The Kier molecular flexibility index (Phi) is 5.83. The quantitative estimate of drug-likeness (QED) is 0.895. The third-order valence-corrected chi connectivity index (χ3v) is 4.55. The number of hydrogen-bond acceptors (Lipinski definition) is 3. The smallest absolute Gasteiger partial charge is 0.0406 e. The van der Waals surface area contributed by atoms with Crippen molar-refractivity contribution < 1.29 is 0 Å². The number of benzene rings is 1. The molecule has 0 radical (unpaired) electrons. The summed E-state index contributed by atoms with van der Waals surface area (Å²) in [7, 11) is 0. The summed E-state index contributed by atoms with van der Waals surface area (Å²) in [6.07, 6.45) is 0. The number of nitrogens with zero attached hydrogens (tertiary/aromatic N) is 1. The Morgan fingerprint density at radius 3 is 2.61 bits per heavy atom. The van der Waals surface area contributed by atoms with Crippen molar-refractivity contribution in [2.75, 3.05) is 37.7 Å². The predicted octanol–water partition coefficient (Wildman–Crippen LogP) is 3.04. The van der Waals surface area contributed by atoms with Crippen molar-refractivity contribution >= 4 is 23.4 Å². The van der Waals surface area contributed by atoms with Gasteiger partial charge < -0.3 is 10.2 Å². The van der Waals surface area contributed by atoms with E-state index < -0.39 is 0 Å². The van der Waals surface area contributed by atoms with E-state index in [-0.39, 0.29) is 0 Å². The zero-order chi connectivity index (χ0) is 12.8. The van der Waals surface area contributed by atoms with Gasteiger partial charge in [0.2, 0.25) is 0 Å². The van der Waals surface area contributed by atoms with E-state index in [1.54, 1.807) is 0 Å². The van der Waals surface area contributed by atoms with E-state index >= 15 is 0 Å². The zero-order valence-corrected chi connectivity index (χ0v) is 12.4. The second-order valence-electron chi connectivity index (χ2n) is 4.68. The molecule has 1 aromatic carbocycles. The highest BCUT2D eigenvalue weighted by Crippen LogP contribution is 2.15. The lowest BCUT2D eigenvalue weighted by Gasteiger charge is -2.26. The highest BCUT2D eigenvalue weighted by molar-refractivity contribution is 7.99. The van der Waals surface area contributed by atoms with Crippen LogP contribution in [-0.4, -0.2) is 42.6 Å². The number of rotatable bonds is 5. The largest absolute Gasteiger partial charge is 0.309 e. The second kappa shape index (κ2) is 7.39. The minimum absolute atomic E-state index is 0.390. The summed E-state index contributed by atoms with van der Waals surface area (Å²) in [4.78, 5) is 2.54. The van der Waals surface area contributed by atoms with Gasteiger partial charge in [0.15, 0.2) is 0 Å². The number of halogens is 1. The van der Waals surface area contributed by atoms with E-state index in [4.69, 9.17) is 11.6 Å². The maximum Gasteiger partial charge on any atom is 0.0406 e. The Morgan fingerprint density at radius 2 is 1.94 bits per heavy atom. The van der Waals surface area contributed by atoms with Gasteiger partial charge in [-0.2, -0.15) is 11.8 Å². The van der Waals surface area contributed by atoms with Crippen LogP contribution in [0.4, 0.5) is 0 Å². The van der Waals surface area contributed by atoms with Crippen LogP contribution in [0.1, 0.15) is 18.5 Å². The van der Waals surface area contributed by atoms with Gasteiger partial charge in [-0.05, 0) is 24.6 Å². The van der Waals surface area contributed by atoms with Crippen molar-refractivity contribution in [1.29, 1.82) is 0 Å². The Morgan fingerprint density at radius 1 is 1.28 bits per heavy atom. The van der Waals surface area contributed by atoms with E-state index in [0.29, 0.717) is 6.04 Å². The van der Waals surface area contributed by atoms with Crippen LogP contribution < -0.4 is 5.32 Å². The molecule has 1 aliphatic rings. The fourth-order valence-electron chi connectivity index (χ4n) is 2.13. The van der Waals surface area contributed by atoms with Crippen molar-refractivity contribution in [3.8, 4) is 0 Å². The fraction of sp³-hybridized carbons (Fsp3) is 0.571. The fourth-order valence-corrected chi connectivity index (χ4v) is 3.24. The molecule has 0 aliphatic carbocycles. The van der Waals surface area contributed by atoms with Crippen LogP contribution in [0.5, 0.6) is 0 Å². The molecule has 0 aromatic heterocycles.